The molecule has 0 aromatic carbocycles. The van der Waals surface area contributed by atoms with Crippen LogP contribution < -0.4 is 11.1 Å². The van der Waals surface area contributed by atoms with Gasteiger partial charge in [0.25, 0.3) is 0 Å². The SMILES string of the molecule is NCCC1(CNc2ncc(Br)cc2Cl)CC1. The van der Waals surface area contributed by atoms with Crippen LogP contribution in [-0.4, -0.2) is 18.1 Å². The Balaban J connectivity index is 1.94. The Hall–Kier alpha value is -0.320. The zero-order chi connectivity index (χ0) is 11.6. The molecule has 1 aromatic heterocycles. The Morgan fingerprint density at radius 3 is 2.88 bits per heavy atom. The van der Waals surface area contributed by atoms with Crippen molar-refractivity contribution in [3.05, 3.63) is 21.8 Å². The summed E-state index contributed by atoms with van der Waals surface area (Å²) in [6, 6.07) is 1.85. The highest BCUT2D eigenvalue weighted by Crippen LogP contribution is 2.48. The summed E-state index contributed by atoms with van der Waals surface area (Å²) in [4.78, 5) is 4.25. The van der Waals surface area contributed by atoms with Crippen molar-refractivity contribution >= 4 is 33.3 Å². The van der Waals surface area contributed by atoms with E-state index in [0.29, 0.717) is 10.4 Å². The normalized spacial score (nSPS) is 17.2. The van der Waals surface area contributed by atoms with E-state index in [-0.39, 0.29) is 0 Å². The molecule has 88 valence electrons. The second kappa shape index (κ2) is 4.90. The molecule has 1 fully saturated rings. The maximum atomic E-state index is 6.08. The summed E-state index contributed by atoms with van der Waals surface area (Å²) in [5.74, 6) is 0.758. The molecule has 0 amide bonds. The van der Waals surface area contributed by atoms with Crippen LogP contribution in [0.4, 0.5) is 5.82 Å². The Kier molecular flexibility index (Phi) is 3.72. The van der Waals surface area contributed by atoms with Gasteiger partial charge in [-0.25, -0.2) is 4.98 Å². The summed E-state index contributed by atoms with van der Waals surface area (Å²) >= 11 is 9.41. The maximum Gasteiger partial charge on any atom is 0.144 e. The van der Waals surface area contributed by atoms with Crippen LogP contribution in [0.5, 0.6) is 0 Å². The van der Waals surface area contributed by atoms with Gasteiger partial charge in [-0.3, -0.25) is 0 Å². The van der Waals surface area contributed by atoms with Crippen molar-refractivity contribution in [1.82, 2.24) is 4.98 Å². The largest absolute Gasteiger partial charge is 0.368 e. The zero-order valence-corrected chi connectivity index (χ0v) is 11.3. The maximum absolute atomic E-state index is 6.08. The lowest BCUT2D eigenvalue weighted by Gasteiger charge is -2.15. The molecule has 1 aliphatic rings. The minimum absolute atomic E-state index is 0.396. The number of nitrogens with zero attached hydrogens (tertiary/aromatic N) is 1. The Morgan fingerprint density at radius 1 is 1.56 bits per heavy atom. The molecule has 5 heteroatoms. The van der Waals surface area contributed by atoms with E-state index in [1.165, 1.54) is 12.8 Å². The van der Waals surface area contributed by atoms with Gasteiger partial charge in [-0.15, -0.1) is 0 Å². The summed E-state index contributed by atoms with van der Waals surface area (Å²) in [6.45, 7) is 1.67. The summed E-state index contributed by atoms with van der Waals surface area (Å²) in [5, 5.41) is 3.96. The number of rotatable bonds is 5. The first-order valence-corrected chi connectivity index (χ1v) is 6.57. The number of pyridine rings is 1. The Morgan fingerprint density at radius 2 is 2.31 bits per heavy atom. The number of anilines is 1. The van der Waals surface area contributed by atoms with Crippen molar-refractivity contribution in [3.8, 4) is 0 Å². The average molecular weight is 305 g/mol. The zero-order valence-electron chi connectivity index (χ0n) is 8.97. The first-order chi connectivity index (χ1) is 7.65. The number of nitrogens with two attached hydrogens (primary N) is 1. The van der Waals surface area contributed by atoms with Gasteiger partial charge in [-0.05, 0) is 53.2 Å². The fourth-order valence-electron chi connectivity index (χ4n) is 1.81. The van der Waals surface area contributed by atoms with E-state index in [0.717, 1.165) is 29.8 Å². The number of hydrogen-bond donors (Lipinski definition) is 2. The summed E-state index contributed by atoms with van der Waals surface area (Å²) in [7, 11) is 0. The molecule has 2 rings (SSSR count). The van der Waals surface area contributed by atoms with Gasteiger partial charge < -0.3 is 11.1 Å². The van der Waals surface area contributed by atoms with E-state index in [9.17, 15) is 0 Å². The van der Waals surface area contributed by atoms with Crippen LogP contribution in [-0.2, 0) is 0 Å². The molecule has 0 bridgehead atoms. The standard InChI is InChI=1S/C11H15BrClN3/c12-8-5-9(13)10(15-6-8)16-7-11(1-2-11)3-4-14/h5-6H,1-4,7,14H2,(H,15,16). The highest BCUT2D eigenvalue weighted by molar-refractivity contribution is 9.10. The minimum atomic E-state index is 0.396. The Bertz CT molecular complexity index is 379. The number of nitrogens with one attached hydrogen (secondary N) is 1. The third-order valence-corrected chi connectivity index (χ3v) is 3.79. The predicted octanol–water partition coefficient (Wildman–Crippen LogP) is 3.04. The van der Waals surface area contributed by atoms with Crippen LogP contribution >= 0.6 is 27.5 Å². The van der Waals surface area contributed by atoms with Crippen molar-refractivity contribution in [3.63, 3.8) is 0 Å². The van der Waals surface area contributed by atoms with Crippen LogP contribution in [0.1, 0.15) is 19.3 Å². The molecule has 0 aliphatic heterocycles. The molecular weight excluding hydrogens is 289 g/mol. The van der Waals surface area contributed by atoms with Crippen molar-refractivity contribution in [2.75, 3.05) is 18.4 Å². The van der Waals surface area contributed by atoms with E-state index in [1.54, 1.807) is 6.20 Å². The fourth-order valence-corrected chi connectivity index (χ4v) is 2.51. The topological polar surface area (TPSA) is 50.9 Å². The second-order valence-electron chi connectivity index (χ2n) is 4.38. The molecule has 3 nitrogen and oxygen atoms in total. The van der Waals surface area contributed by atoms with Crippen LogP contribution in [0.2, 0.25) is 5.02 Å². The van der Waals surface area contributed by atoms with Gasteiger partial charge in [-0.2, -0.15) is 0 Å². The molecule has 0 spiro atoms. The van der Waals surface area contributed by atoms with Gasteiger partial charge in [0, 0.05) is 17.2 Å². The summed E-state index contributed by atoms with van der Waals surface area (Å²) in [6.07, 6.45) is 5.33. The number of halogens is 2. The highest BCUT2D eigenvalue weighted by atomic mass is 79.9. The lowest BCUT2D eigenvalue weighted by Crippen LogP contribution is -2.19. The van der Waals surface area contributed by atoms with Gasteiger partial charge in [-0.1, -0.05) is 11.6 Å². The highest BCUT2D eigenvalue weighted by Gasteiger charge is 2.41. The monoisotopic (exact) mass is 303 g/mol. The molecule has 1 aromatic rings. The van der Waals surface area contributed by atoms with Crippen LogP contribution in [0.3, 0.4) is 0 Å². The lowest BCUT2D eigenvalue weighted by atomic mass is 10.0. The minimum Gasteiger partial charge on any atom is -0.368 e. The quantitative estimate of drug-likeness (QED) is 0.879. The third-order valence-electron chi connectivity index (χ3n) is 3.07. The predicted molar refractivity (Wildman–Crippen MR) is 70.8 cm³/mol. The van der Waals surface area contributed by atoms with Gasteiger partial charge in [0.2, 0.25) is 0 Å². The molecule has 16 heavy (non-hydrogen) atoms. The van der Waals surface area contributed by atoms with Crippen molar-refractivity contribution in [2.24, 2.45) is 11.1 Å². The molecule has 1 heterocycles. The van der Waals surface area contributed by atoms with Crippen LogP contribution in [0, 0.1) is 5.41 Å². The van der Waals surface area contributed by atoms with E-state index >= 15 is 0 Å². The Labute approximate surface area is 109 Å². The molecule has 0 radical (unpaired) electrons. The van der Waals surface area contributed by atoms with E-state index in [2.05, 4.69) is 26.2 Å². The van der Waals surface area contributed by atoms with Crippen LogP contribution in [0.25, 0.3) is 0 Å². The number of hydrogen-bond acceptors (Lipinski definition) is 3. The molecule has 1 saturated carbocycles. The molecule has 0 unspecified atom stereocenters. The molecule has 1 aliphatic carbocycles. The summed E-state index contributed by atoms with van der Waals surface area (Å²) < 4.78 is 0.895. The van der Waals surface area contributed by atoms with Gasteiger partial charge in [0.1, 0.15) is 5.82 Å². The first kappa shape index (κ1) is 12.1. The van der Waals surface area contributed by atoms with Gasteiger partial charge in [0.05, 0.1) is 5.02 Å². The van der Waals surface area contributed by atoms with Gasteiger partial charge >= 0.3 is 0 Å². The molecular formula is C11H15BrClN3. The van der Waals surface area contributed by atoms with Crippen molar-refractivity contribution < 1.29 is 0 Å². The van der Waals surface area contributed by atoms with Crippen LogP contribution in [0.15, 0.2) is 16.7 Å². The molecule has 0 atom stereocenters. The first-order valence-electron chi connectivity index (χ1n) is 5.40. The third kappa shape index (κ3) is 2.87. The smallest absolute Gasteiger partial charge is 0.144 e. The second-order valence-corrected chi connectivity index (χ2v) is 5.70. The fraction of sp³-hybridized carbons (Fsp3) is 0.545. The van der Waals surface area contributed by atoms with E-state index < -0.39 is 0 Å². The van der Waals surface area contributed by atoms with Crippen molar-refractivity contribution in [1.29, 1.82) is 0 Å². The number of aromatic nitrogens is 1. The lowest BCUT2D eigenvalue weighted by molar-refractivity contribution is 0.500. The van der Waals surface area contributed by atoms with Crippen molar-refractivity contribution in [2.45, 2.75) is 19.3 Å². The van der Waals surface area contributed by atoms with Gasteiger partial charge in [0.15, 0.2) is 0 Å². The molecule has 3 N–H and O–H groups in total. The summed E-state index contributed by atoms with van der Waals surface area (Å²) in [5.41, 5.74) is 5.99. The van der Waals surface area contributed by atoms with E-state index in [4.69, 9.17) is 17.3 Å². The average Bonchev–Trinajstić information content (AvgIpc) is 2.98. The van der Waals surface area contributed by atoms with E-state index in [1.807, 2.05) is 6.07 Å². The molecule has 0 saturated heterocycles.